The molecule has 3 fully saturated rings. The molecule has 3 atom stereocenters. The number of benzene rings is 3. The Morgan fingerprint density at radius 2 is 1.39 bits per heavy atom. The second-order valence-electron chi connectivity index (χ2n) is 10.4. The first-order chi connectivity index (χ1) is 17.6. The molecule has 3 aliphatic rings. The number of hydrogen-bond acceptors (Lipinski definition) is 3. The van der Waals surface area contributed by atoms with Crippen LogP contribution >= 0.6 is 0 Å². The first kappa shape index (κ1) is 23.3. The highest BCUT2D eigenvalue weighted by molar-refractivity contribution is 5.83. The summed E-state index contributed by atoms with van der Waals surface area (Å²) in [6.07, 6.45) is 1.17. The van der Waals surface area contributed by atoms with Gasteiger partial charge in [0.05, 0.1) is 12.1 Å². The molecule has 36 heavy (non-hydrogen) atoms. The molecule has 4 nitrogen and oxygen atoms in total. The molecule has 2 heterocycles. The third-order valence-electron chi connectivity index (χ3n) is 8.09. The number of nitrogens with zero attached hydrogens (tertiary/aromatic N) is 3. The number of fused-ring (bicyclic) bond motifs is 1. The molecule has 0 aromatic heterocycles. The van der Waals surface area contributed by atoms with E-state index in [-0.39, 0.29) is 29.6 Å². The predicted molar refractivity (Wildman–Crippen MR) is 135 cm³/mol. The van der Waals surface area contributed by atoms with Gasteiger partial charge < -0.3 is 4.90 Å². The molecule has 2 aliphatic heterocycles. The summed E-state index contributed by atoms with van der Waals surface area (Å²) < 4.78 is 27.3. The molecule has 1 amide bonds. The molecule has 0 radical (unpaired) electrons. The zero-order chi connectivity index (χ0) is 24.6. The second kappa shape index (κ2) is 9.75. The van der Waals surface area contributed by atoms with Crippen LogP contribution in [0.15, 0.2) is 78.9 Å². The molecule has 2 saturated heterocycles. The molecular weight excluding hydrogens is 456 g/mol. The average molecular weight is 488 g/mol. The molecule has 3 aromatic carbocycles. The van der Waals surface area contributed by atoms with Crippen molar-refractivity contribution in [2.24, 2.45) is 11.8 Å². The van der Waals surface area contributed by atoms with Crippen molar-refractivity contribution < 1.29 is 13.6 Å². The van der Waals surface area contributed by atoms with Crippen molar-refractivity contribution in [3.8, 4) is 0 Å². The van der Waals surface area contributed by atoms with Gasteiger partial charge in [0.1, 0.15) is 11.6 Å². The number of piperidine rings is 1. The number of piperazine rings is 1. The lowest BCUT2D eigenvalue weighted by atomic mass is 9.96. The van der Waals surface area contributed by atoms with Crippen LogP contribution in [0, 0.1) is 23.5 Å². The van der Waals surface area contributed by atoms with Gasteiger partial charge in [-0.15, -0.1) is 0 Å². The molecule has 3 aromatic rings. The Kier molecular flexibility index (Phi) is 6.32. The molecule has 0 bridgehead atoms. The lowest BCUT2D eigenvalue weighted by molar-refractivity contribution is -0.139. The fourth-order valence-corrected chi connectivity index (χ4v) is 6.17. The summed E-state index contributed by atoms with van der Waals surface area (Å²) in [5.74, 6) is 0.857. The van der Waals surface area contributed by atoms with Crippen LogP contribution in [0.3, 0.4) is 0 Å². The van der Waals surface area contributed by atoms with Crippen LogP contribution in [0.2, 0.25) is 0 Å². The maximum atomic E-state index is 13.7. The van der Waals surface area contributed by atoms with E-state index in [1.807, 2.05) is 11.0 Å². The Hall–Kier alpha value is -3.09. The zero-order valence-electron chi connectivity index (χ0n) is 20.3. The summed E-state index contributed by atoms with van der Waals surface area (Å²) >= 11 is 0. The summed E-state index contributed by atoms with van der Waals surface area (Å²) in [5.41, 5.74) is 3.18. The molecule has 6 rings (SSSR count). The Morgan fingerprint density at radius 1 is 0.806 bits per heavy atom. The van der Waals surface area contributed by atoms with E-state index in [1.165, 1.54) is 36.2 Å². The highest BCUT2D eigenvalue weighted by atomic mass is 19.1. The lowest BCUT2D eigenvalue weighted by Crippen LogP contribution is -2.55. The van der Waals surface area contributed by atoms with Gasteiger partial charge in [-0.05, 0) is 59.2 Å². The van der Waals surface area contributed by atoms with E-state index < -0.39 is 0 Å². The largest absolute Gasteiger partial charge is 0.339 e. The summed E-state index contributed by atoms with van der Waals surface area (Å²) in [4.78, 5) is 20.4. The van der Waals surface area contributed by atoms with Crippen LogP contribution < -0.4 is 0 Å². The summed E-state index contributed by atoms with van der Waals surface area (Å²) in [6, 6.07) is 23.4. The van der Waals surface area contributed by atoms with Gasteiger partial charge in [-0.1, -0.05) is 54.6 Å². The minimum Gasteiger partial charge on any atom is -0.339 e. The predicted octanol–water partition coefficient (Wildman–Crippen LogP) is 4.72. The van der Waals surface area contributed by atoms with Crippen molar-refractivity contribution in [1.29, 1.82) is 0 Å². The first-order valence-electron chi connectivity index (χ1n) is 12.9. The minimum absolute atomic E-state index is 0.0215. The van der Waals surface area contributed by atoms with E-state index in [0.717, 1.165) is 24.2 Å². The quantitative estimate of drug-likeness (QED) is 0.504. The minimum atomic E-state index is -0.276. The molecular formula is C30H31F2N3O. The average Bonchev–Trinajstić information content (AvgIpc) is 3.57. The van der Waals surface area contributed by atoms with Crippen molar-refractivity contribution in [1.82, 2.24) is 14.7 Å². The van der Waals surface area contributed by atoms with Crippen molar-refractivity contribution in [2.45, 2.75) is 25.0 Å². The number of rotatable bonds is 6. The van der Waals surface area contributed by atoms with Crippen LogP contribution in [0.4, 0.5) is 8.78 Å². The van der Waals surface area contributed by atoms with Gasteiger partial charge in [-0.3, -0.25) is 14.6 Å². The van der Waals surface area contributed by atoms with E-state index in [9.17, 15) is 13.6 Å². The maximum absolute atomic E-state index is 13.7. The van der Waals surface area contributed by atoms with Crippen LogP contribution in [0.5, 0.6) is 0 Å². The summed E-state index contributed by atoms with van der Waals surface area (Å²) in [7, 11) is 0. The van der Waals surface area contributed by atoms with Gasteiger partial charge in [0.15, 0.2) is 0 Å². The topological polar surface area (TPSA) is 26.8 Å². The fourth-order valence-electron chi connectivity index (χ4n) is 6.17. The van der Waals surface area contributed by atoms with Gasteiger partial charge in [-0.25, -0.2) is 8.78 Å². The first-order valence-corrected chi connectivity index (χ1v) is 12.9. The third kappa shape index (κ3) is 4.67. The monoisotopic (exact) mass is 487 g/mol. The number of amides is 1. The molecule has 0 spiro atoms. The second-order valence-corrected chi connectivity index (χ2v) is 10.4. The van der Waals surface area contributed by atoms with Crippen LogP contribution in [0.25, 0.3) is 0 Å². The van der Waals surface area contributed by atoms with Crippen LogP contribution in [-0.2, 0) is 11.3 Å². The molecule has 1 unspecified atom stereocenters. The fraction of sp³-hybridized carbons (Fsp3) is 0.367. The van der Waals surface area contributed by atoms with Crippen LogP contribution in [-0.4, -0.2) is 59.4 Å². The van der Waals surface area contributed by atoms with E-state index in [2.05, 4.69) is 34.1 Å². The Labute approximate surface area is 211 Å². The zero-order valence-corrected chi connectivity index (χ0v) is 20.3. The van der Waals surface area contributed by atoms with Crippen molar-refractivity contribution in [2.75, 3.05) is 32.7 Å². The molecule has 1 saturated carbocycles. The van der Waals surface area contributed by atoms with Gasteiger partial charge in [0.2, 0.25) is 5.91 Å². The van der Waals surface area contributed by atoms with Crippen molar-refractivity contribution in [3.05, 3.63) is 107 Å². The Morgan fingerprint density at radius 3 is 1.97 bits per heavy atom. The molecule has 186 valence electrons. The summed E-state index contributed by atoms with van der Waals surface area (Å²) in [5, 5.41) is 0. The molecule has 6 heteroatoms. The number of carbonyl (C=O) groups excluding carboxylic acids is 1. The van der Waals surface area contributed by atoms with Crippen LogP contribution in [0.1, 0.15) is 29.2 Å². The van der Waals surface area contributed by atoms with E-state index in [1.54, 1.807) is 24.3 Å². The number of carbonyl (C=O) groups is 1. The van der Waals surface area contributed by atoms with Crippen molar-refractivity contribution in [3.63, 3.8) is 0 Å². The lowest BCUT2D eigenvalue weighted by Gasteiger charge is -2.41. The Balaban J connectivity index is 1.16. The number of likely N-dealkylation sites (tertiary alicyclic amines) is 1. The number of hydrogen-bond donors (Lipinski definition) is 0. The van der Waals surface area contributed by atoms with Gasteiger partial charge in [0.25, 0.3) is 0 Å². The number of halogens is 2. The van der Waals surface area contributed by atoms with E-state index in [4.69, 9.17) is 0 Å². The maximum Gasteiger partial charge on any atom is 0.240 e. The molecule has 0 N–H and O–H groups in total. The molecule has 1 aliphatic carbocycles. The normalized spacial score (nSPS) is 24.2. The van der Waals surface area contributed by atoms with Crippen molar-refractivity contribution >= 4 is 5.91 Å². The van der Waals surface area contributed by atoms with Gasteiger partial charge >= 0.3 is 0 Å². The smallest absolute Gasteiger partial charge is 0.240 e. The highest BCUT2D eigenvalue weighted by Crippen LogP contribution is 2.50. The van der Waals surface area contributed by atoms with Gasteiger partial charge in [0, 0.05) is 39.3 Å². The Bertz CT molecular complexity index is 1150. The highest BCUT2D eigenvalue weighted by Gasteiger charge is 2.56. The standard InChI is InChI=1S/C30H31F2N3O/c31-25-10-6-22(7-11-25)28(23-8-12-26(32)13-9-23)33-14-16-34(17-15-33)30(36)29-27-18-24(27)20-35(29)19-21-4-2-1-3-5-21/h1-13,24,27-29H,14-20H2/t24-,27+,29?/m1/s1. The SMILES string of the molecule is O=C(C1[C@H]2C[C@@H]2CN1Cc1ccccc1)N1CCN(C(c2ccc(F)cc2)c2ccc(F)cc2)CC1. The van der Waals surface area contributed by atoms with E-state index >= 15 is 0 Å². The third-order valence-corrected chi connectivity index (χ3v) is 8.09. The van der Waals surface area contributed by atoms with Gasteiger partial charge in [-0.2, -0.15) is 0 Å². The van der Waals surface area contributed by atoms with E-state index in [0.29, 0.717) is 38.0 Å². The summed E-state index contributed by atoms with van der Waals surface area (Å²) in [6.45, 7) is 4.57.